The van der Waals surface area contributed by atoms with Crippen LogP contribution in [-0.4, -0.2) is 53.4 Å². The molecule has 0 bridgehead atoms. The Morgan fingerprint density at radius 2 is 1.66 bits per heavy atom. The van der Waals surface area contributed by atoms with Gasteiger partial charge in [-0.3, -0.25) is 14.5 Å². The van der Waals surface area contributed by atoms with Crippen LogP contribution in [0, 0.1) is 0 Å². The maximum atomic E-state index is 12.4. The van der Waals surface area contributed by atoms with Crippen LogP contribution in [0.2, 0.25) is 0 Å². The number of nitrogens with zero attached hydrogens (tertiary/aromatic N) is 3. The molecule has 0 atom stereocenters. The lowest BCUT2D eigenvalue weighted by atomic mass is 10.1. The first-order chi connectivity index (χ1) is 14.1. The minimum atomic E-state index is -0.275. The van der Waals surface area contributed by atoms with Gasteiger partial charge in [-0.1, -0.05) is 23.9 Å². The number of rotatable bonds is 7. The molecule has 0 unspecified atom stereocenters. The van der Waals surface area contributed by atoms with Crippen LogP contribution in [-0.2, 0) is 0 Å². The zero-order chi connectivity index (χ0) is 20.4. The van der Waals surface area contributed by atoms with Crippen molar-refractivity contribution in [1.82, 2.24) is 15.1 Å². The Balaban J connectivity index is 1.40. The molecule has 3 aromatic rings. The van der Waals surface area contributed by atoms with Gasteiger partial charge in [0, 0.05) is 17.9 Å². The van der Waals surface area contributed by atoms with Crippen molar-refractivity contribution in [2.45, 2.75) is 5.22 Å². The number of fused-ring (bicyclic) bond motifs is 1. The number of carbonyl (C=O) groups is 2. The maximum Gasteiger partial charge on any atom is 0.276 e. The number of thioether (sulfide) groups is 1. The fourth-order valence-electron chi connectivity index (χ4n) is 3.02. The molecule has 0 saturated carbocycles. The van der Waals surface area contributed by atoms with Gasteiger partial charge in [0.1, 0.15) is 0 Å². The molecule has 2 heterocycles. The minimum absolute atomic E-state index is 0.255. The molecule has 1 aliphatic rings. The minimum Gasteiger partial charge on any atom is -0.493 e. The van der Waals surface area contributed by atoms with Gasteiger partial charge in [-0.05, 0) is 30.3 Å². The first-order valence-corrected chi connectivity index (χ1v) is 9.75. The van der Waals surface area contributed by atoms with Gasteiger partial charge in [0.15, 0.2) is 11.5 Å². The summed E-state index contributed by atoms with van der Waals surface area (Å²) in [6.07, 6.45) is 0. The second-order valence-corrected chi connectivity index (χ2v) is 7.15. The summed E-state index contributed by atoms with van der Waals surface area (Å²) in [4.78, 5) is 26.0. The van der Waals surface area contributed by atoms with Crippen LogP contribution in [0.4, 0.5) is 0 Å². The molecule has 148 valence electrons. The van der Waals surface area contributed by atoms with Crippen molar-refractivity contribution in [3.05, 3.63) is 53.6 Å². The number of benzene rings is 2. The number of aromatic nitrogens is 2. The second-order valence-electron chi connectivity index (χ2n) is 6.10. The van der Waals surface area contributed by atoms with E-state index in [1.165, 1.54) is 16.7 Å². The lowest BCUT2D eigenvalue weighted by Crippen LogP contribution is -2.31. The zero-order valence-corrected chi connectivity index (χ0v) is 16.6. The van der Waals surface area contributed by atoms with Gasteiger partial charge in [-0.2, -0.15) is 0 Å². The van der Waals surface area contributed by atoms with E-state index in [1.54, 1.807) is 56.7 Å². The summed E-state index contributed by atoms with van der Waals surface area (Å²) >= 11 is 1.28. The third kappa shape index (κ3) is 3.56. The fraction of sp³-hybridized carbons (Fsp3) is 0.200. The molecule has 9 heteroatoms. The number of hydrogen-bond donors (Lipinski definition) is 0. The predicted octanol–water partition coefficient (Wildman–Crippen LogP) is 3.14. The van der Waals surface area contributed by atoms with Crippen LogP contribution >= 0.6 is 11.8 Å². The summed E-state index contributed by atoms with van der Waals surface area (Å²) in [7, 11) is 3.11. The monoisotopic (exact) mass is 411 g/mol. The summed E-state index contributed by atoms with van der Waals surface area (Å²) in [5.41, 5.74) is 1.58. The van der Waals surface area contributed by atoms with Crippen molar-refractivity contribution in [2.75, 3.05) is 26.5 Å². The van der Waals surface area contributed by atoms with Crippen molar-refractivity contribution in [3.8, 4) is 23.0 Å². The molecule has 0 N–H and O–H groups in total. The predicted molar refractivity (Wildman–Crippen MR) is 105 cm³/mol. The molecular formula is C20H17N3O5S. The van der Waals surface area contributed by atoms with E-state index in [-0.39, 0.29) is 18.4 Å². The highest BCUT2D eigenvalue weighted by molar-refractivity contribution is 7.99. The van der Waals surface area contributed by atoms with Crippen LogP contribution in [0.25, 0.3) is 11.5 Å². The topological polar surface area (TPSA) is 94.8 Å². The first-order valence-electron chi connectivity index (χ1n) is 8.76. The zero-order valence-electron chi connectivity index (χ0n) is 15.7. The van der Waals surface area contributed by atoms with E-state index >= 15 is 0 Å². The fourth-order valence-corrected chi connectivity index (χ4v) is 3.71. The number of amides is 2. The highest BCUT2D eigenvalue weighted by Crippen LogP contribution is 2.32. The molecule has 8 nitrogen and oxygen atoms in total. The van der Waals surface area contributed by atoms with Crippen LogP contribution < -0.4 is 9.47 Å². The van der Waals surface area contributed by atoms with Gasteiger partial charge in [-0.25, -0.2) is 0 Å². The normalized spacial score (nSPS) is 13.0. The molecule has 0 aliphatic carbocycles. The summed E-state index contributed by atoms with van der Waals surface area (Å²) in [6, 6.07) is 12.1. The number of imide groups is 1. The van der Waals surface area contributed by atoms with Gasteiger partial charge >= 0.3 is 0 Å². The quantitative estimate of drug-likeness (QED) is 0.432. The molecule has 0 fully saturated rings. The molecule has 2 amide bonds. The summed E-state index contributed by atoms with van der Waals surface area (Å²) in [5.74, 6) is 1.40. The van der Waals surface area contributed by atoms with E-state index in [0.29, 0.717) is 45.1 Å². The van der Waals surface area contributed by atoms with Crippen molar-refractivity contribution < 1.29 is 23.5 Å². The molecule has 1 aliphatic heterocycles. The van der Waals surface area contributed by atoms with Crippen LogP contribution in [0.3, 0.4) is 0 Å². The Hall–Kier alpha value is -3.33. The van der Waals surface area contributed by atoms with Crippen molar-refractivity contribution in [2.24, 2.45) is 0 Å². The Morgan fingerprint density at radius 1 is 0.966 bits per heavy atom. The number of hydrogen-bond acceptors (Lipinski definition) is 8. The standard InChI is InChI=1S/C20H17N3O5S/c1-26-15-8-7-12(11-16(15)27-2)17-21-22-20(28-17)29-10-9-23-18(24)13-5-3-4-6-14(13)19(23)25/h3-8,11H,9-10H2,1-2H3. The van der Waals surface area contributed by atoms with Crippen molar-refractivity contribution >= 4 is 23.6 Å². The van der Waals surface area contributed by atoms with Gasteiger partial charge in [0.2, 0.25) is 5.89 Å². The van der Waals surface area contributed by atoms with Crippen LogP contribution in [0.5, 0.6) is 11.5 Å². The Kier molecular flexibility index (Phi) is 5.22. The molecule has 0 radical (unpaired) electrons. The summed E-state index contributed by atoms with van der Waals surface area (Å²) in [5, 5.41) is 8.42. The lowest BCUT2D eigenvalue weighted by Gasteiger charge is -2.12. The molecule has 0 saturated heterocycles. The van der Waals surface area contributed by atoms with Gasteiger partial charge in [-0.15, -0.1) is 10.2 Å². The number of carbonyl (C=O) groups excluding carboxylic acids is 2. The molecule has 29 heavy (non-hydrogen) atoms. The molecular weight excluding hydrogens is 394 g/mol. The average Bonchev–Trinajstić information content (AvgIpc) is 3.32. The van der Waals surface area contributed by atoms with Gasteiger partial charge < -0.3 is 13.9 Å². The van der Waals surface area contributed by atoms with Gasteiger partial charge in [0.25, 0.3) is 17.0 Å². The SMILES string of the molecule is COc1ccc(-c2nnc(SCCN3C(=O)c4ccccc4C3=O)o2)cc1OC. The smallest absolute Gasteiger partial charge is 0.276 e. The van der Waals surface area contributed by atoms with E-state index in [0.717, 1.165) is 0 Å². The van der Waals surface area contributed by atoms with Crippen molar-refractivity contribution in [1.29, 1.82) is 0 Å². The second kappa shape index (κ2) is 7.96. The Morgan fingerprint density at radius 3 is 2.31 bits per heavy atom. The largest absolute Gasteiger partial charge is 0.493 e. The van der Waals surface area contributed by atoms with Gasteiger partial charge in [0.05, 0.1) is 25.3 Å². The van der Waals surface area contributed by atoms with Crippen LogP contribution in [0.15, 0.2) is 52.1 Å². The third-order valence-corrected chi connectivity index (χ3v) is 5.25. The van der Waals surface area contributed by atoms with Crippen molar-refractivity contribution in [3.63, 3.8) is 0 Å². The number of methoxy groups -OCH3 is 2. The van der Waals surface area contributed by atoms with E-state index in [2.05, 4.69) is 10.2 Å². The van der Waals surface area contributed by atoms with E-state index in [9.17, 15) is 9.59 Å². The highest BCUT2D eigenvalue weighted by atomic mass is 32.2. The highest BCUT2D eigenvalue weighted by Gasteiger charge is 2.34. The van der Waals surface area contributed by atoms with Crippen LogP contribution in [0.1, 0.15) is 20.7 Å². The Labute approximate surface area is 170 Å². The van der Waals surface area contributed by atoms with E-state index < -0.39 is 0 Å². The molecule has 2 aromatic carbocycles. The first kappa shape index (κ1) is 19.0. The van der Waals surface area contributed by atoms with E-state index in [1.807, 2.05) is 0 Å². The number of ether oxygens (including phenoxy) is 2. The summed E-state index contributed by atoms with van der Waals surface area (Å²) in [6.45, 7) is 0.255. The Bertz CT molecular complexity index is 1050. The maximum absolute atomic E-state index is 12.4. The molecule has 1 aromatic heterocycles. The molecule has 4 rings (SSSR count). The summed E-state index contributed by atoms with van der Waals surface area (Å²) < 4.78 is 16.2. The average molecular weight is 411 g/mol. The van der Waals surface area contributed by atoms with E-state index in [4.69, 9.17) is 13.9 Å². The third-order valence-electron chi connectivity index (χ3n) is 4.46. The molecule has 0 spiro atoms. The lowest BCUT2D eigenvalue weighted by molar-refractivity contribution is 0.0664.